The first-order valence-electron chi connectivity index (χ1n) is 13.6. The maximum Gasteiger partial charge on any atom is 0.305 e. The van der Waals surface area contributed by atoms with Crippen molar-refractivity contribution in [1.82, 2.24) is 0 Å². The van der Waals surface area contributed by atoms with Gasteiger partial charge in [-0.2, -0.15) is 0 Å². The average Bonchev–Trinajstić information content (AvgIpc) is 2.88. The van der Waals surface area contributed by atoms with Gasteiger partial charge in [-0.05, 0) is 83.8 Å². The van der Waals surface area contributed by atoms with Crippen molar-refractivity contribution < 1.29 is 39.2 Å². The van der Waals surface area contributed by atoms with Gasteiger partial charge in [-0.15, -0.1) is 0 Å². The lowest BCUT2D eigenvalue weighted by molar-refractivity contribution is -0.144. The molecule has 5 atom stereocenters. The predicted octanol–water partition coefficient (Wildman–Crippen LogP) is 5.04. The summed E-state index contributed by atoms with van der Waals surface area (Å²) >= 11 is 0. The van der Waals surface area contributed by atoms with E-state index in [4.69, 9.17) is 4.74 Å². The van der Waals surface area contributed by atoms with Gasteiger partial charge in [-0.3, -0.25) is 19.2 Å². The number of benzene rings is 2. The van der Waals surface area contributed by atoms with Gasteiger partial charge in [0.2, 0.25) is 0 Å². The number of hydrogen-bond acceptors (Lipinski definition) is 5. The molecule has 0 saturated carbocycles. The Morgan fingerprint density at radius 3 is 2.08 bits per heavy atom. The van der Waals surface area contributed by atoms with Crippen LogP contribution in [0.4, 0.5) is 0 Å². The summed E-state index contributed by atoms with van der Waals surface area (Å²) in [5.74, 6) is -3.96. The number of rotatable bonds is 13. The molecular weight excluding hydrogens is 532 g/mol. The van der Waals surface area contributed by atoms with Gasteiger partial charge in [0, 0.05) is 30.9 Å². The average molecular weight is 573 g/mol. The van der Waals surface area contributed by atoms with Gasteiger partial charge < -0.3 is 20.1 Å². The van der Waals surface area contributed by atoms with Crippen molar-refractivity contribution in [3.8, 4) is 0 Å². The lowest BCUT2D eigenvalue weighted by Gasteiger charge is -2.48. The first-order valence-corrected chi connectivity index (χ1v) is 15.6. The van der Waals surface area contributed by atoms with Crippen LogP contribution < -0.4 is 0 Å². The smallest absolute Gasteiger partial charge is 0.305 e. The molecule has 0 aliphatic carbocycles. The minimum atomic E-state index is -1.03. The summed E-state index contributed by atoms with van der Waals surface area (Å²) in [5.41, 5.74) is 5.52. The molecule has 1 fully saturated rings. The van der Waals surface area contributed by atoms with E-state index >= 15 is 0 Å². The lowest BCUT2D eigenvalue weighted by atomic mass is 9.73. The highest BCUT2D eigenvalue weighted by Crippen LogP contribution is 2.57. The van der Waals surface area contributed by atoms with Crippen LogP contribution in [0.3, 0.4) is 0 Å². The number of methoxy groups -OCH3 is 1. The molecule has 9 heteroatoms. The third-order valence-electron chi connectivity index (χ3n) is 8.02. The Bertz CT molecular complexity index is 1210. The molecule has 1 saturated heterocycles. The van der Waals surface area contributed by atoms with Crippen molar-refractivity contribution in [2.45, 2.75) is 57.1 Å². The molecule has 2 aromatic carbocycles. The second kappa shape index (κ2) is 14.3. The van der Waals surface area contributed by atoms with Crippen LogP contribution in [-0.2, 0) is 36.8 Å². The zero-order valence-electron chi connectivity index (χ0n) is 23.3. The maximum absolute atomic E-state index is 11.9. The topological polar surface area (TPSA) is 138 Å². The summed E-state index contributed by atoms with van der Waals surface area (Å²) in [7, 11) is 0.617. The molecule has 1 heterocycles. The Morgan fingerprint density at radius 1 is 0.875 bits per heavy atom. The van der Waals surface area contributed by atoms with Crippen LogP contribution in [0.1, 0.15) is 65.2 Å². The van der Waals surface area contributed by atoms with E-state index in [2.05, 4.69) is 36.6 Å². The van der Waals surface area contributed by atoms with Crippen molar-refractivity contribution in [3.05, 3.63) is 70.3 Å². The molecular formula is C31H40O8S. The number of aliphatic carboxylic acids is 3. The minimum absolute atomic E-state index is 0.128. The van der Waals surface area contributed by atoms with E-state index in [1.807, 2.05) is 19.1 Å². The molecule has 40 heavy (non-hydrogen) atoms. The molecule has 0 spiro atoms. The van der Waals surface area contributed by atoms with Crippen LogP contribution in [0, 0.1) is 24.7 Å². The van der Waals surface area contributed by atoms with Crippen molar-refractivity contribution in [2.75, 3.05) is 19.1 Å². The van der Waals surface area contributed by atoms with E-state index in [0.717, 1.165) is 40.7 Å². The van der Waals surface area contributed by atoms with E-state index in [1.54, 1.807) is 0 Å². The zero-order valence-corrected chi connectivity index (χ0v) is 24.2. The van der Waals surface area contributed by atoms with Crippen LogP contribution in [0.15, 0.2) is 42.5 Å². The fraction of sp³-hybridized carbons (Fsp3) is 0.484. The summed E-state index contributed by atoms with van der Waals surface area (Å²) in [6, 6.07) is 14.5. The van der Waals surface area contributed by atoms with Crippen LogP contribution >= 0.6 is 10.9 Å². The third-order valence-corrected chi connectivity index (χ3v) is 10.7. The van der Waals surface area contributed by atoms with Gasteiger partial charge >= 0.3 is 23.9 Å². The zero-order chi connectivity index (χ0) is 29.4. The second-order valence-corrected chi connectivity index (χ2v) is 13.3. The summed E-state index contributed by atoms with van der Waals surface area (Å²) < 4.78 is 4.70. The molecule has 0 radical (unpaired) electrons. The van der Waals surface area contributed by atoms with Crippen LogP contribution in [0.25, 0.3) is 0 Å². The number of ether oxygens (including phenoxy) is 1. The summed E-state index contributed by atoms with van der Waals surface area (Å²) in [6.07, 6.45) is 4.11. The fourth-order valence-corrected chi connectivity index (χ4v) is 9.12. The number of hydrogen-bond donors (Lipinski definition) is 4. The number of aryl methyl sites for hydroxylation is 2. The molecule has 1 unspecified atom stereocenters. The number of carboxylic acid groups (broad SMARTS) is 3. The molecule has 1 aliphatic rings. The Hall–Kier alpha value is -3.33. The van der Waals surface area contributed by atoms with Crippen LogP contribution in [-0.4, -0.2) is 58.3 Å². The Labute approximate surface area is 238 Å². The van der Waals surface area contributed by atoms with Crippen LogP contribution in [0.2, 0.25) is 0 Å². The van der Waals surface area contributed by atoms with Crippen molar-refractivity contribution in [3.63, 3.8) is 0 Å². The Balaban J connectivity index is 1.86. The van der Waals surface area contributed by atoms with Crippen molar-refractivity contribution in [2.24, 2.45) is 17.8 Å². The van der Waals surface area contributed by atoms with E-state index in [1.165, 1.54) is 7.11 Å². The fourth-order valence-electron chi connectivity index (χ4n) is 6.10. The van der Waals surface area contributed by atoms with Crippen LogP contribution in [0.5, 0.6) is 0 Å². The van der Waals surface area contributed by atoms with Crippen molar-refractivity contribution >= 4 is 34.8 Å². The van der Waals surface area contributed by atoms with E-state index in [-0.39, 0.29) is 36.4 Å². The van der Waals surface area contributed by atoms with E-state index in [0.29, 0.717) is 18.6 Å². The van der Waals surface area contributed by atoms with Gasteiger partial charge in [-0.25, -0.2) is 10.9 Å². The van der Waals surface area contributed by atoms with Gasteiger partial charge in [0.25, 0.3) is 0 Å². The quantitative estimate of drug-likeness (QED) is 0.193. The standard InChI is InChI=1S/C31H40O8S/c1-19-7-12-22(14-23(19)13-21-10-8-20(9-11-21)5-4-6-30(38)39-2)31-26(17-29(36)37)25(16-28(34)35)24(15-27(32)33)18-40(31)3/h7-12,14,24-26,31,40H,4-6,13,15-18H2,1-3H3,(H,32,33)(H,34,35)(H,36,37)/t24-,25-,26+,31-/m1/s1. The lowest BCUT2D eigenvalue weighted by Crippen LogP contribution is -2.39. The predicted molar refractivity (Wildman–Crippen MR) is 155 cm³/mol. The summed E-state index contributed by atoms with van der Waals surface area (Å²) in [4.78, 5) is 46.6. The minimum Gasteiger partial charge on any atom is -0.481 e. The number of carbonyl (C=O) groups excluding carboxylic acids is 1. The van der Waals surface area contributed by atoms with Crippen molar-refractivity contribution in [1.29, 1.82) is 0 Å². The summed E-state index contributed by atoms with van der Waals surface area (Å²) in [6.45, 7) is 2.04. The highest BCUT2D eigenvalue weighted by molar-refractivity contribution is 8.16. The van der Waals surface area contributed by atoms with Gasteiger partial charge in [0.05, 0.1) is 7.11 Å². The number of thiol groups is 1. The number of carboxylic acids is 3. The molecule has 0 bridgehead atoms. The van der Waals surface area contributed by atoms with Gasteiger partial charge in [0.15, 0.2) is 0 Å². The molecule has 0 aromatic heterocycles. The molecule has 218 valence electrons. The molecule has 2 aromatic rings. The van der Waals surface area contributed by atoms with E-state index in [9.17, 15) is 34.5 Å². The monoisotopic (exact) mass is 572 g/mol. The normalized spacial score (nSPS) is 23.3. The first kappa shape index (κ1) is 31.2. The SMILES string of the molecule is COC(=O)CCCc1ccc(Cc2cc([C@@H]3[C@@H](CC(=O)O)[C@H](CC(=O)O)[C@H](CC(=O)O)C[SH]3C)ccc2C)cc1. The molecule has 3 rings (SSSR count). The molecule has 8 nitrogen and oxygen atoms in total. The third kappa shape index (κ3) is 8.58. The highest BCUT2D eigenvalue weighted by Gasteiger charge is 2.44. The summed E-state index contributed by atoms with van der Waals surface area (Å²) in [5, 5.41) is 28.7. The number of carbonyl (C=O) groups is 4. The number of esters is 1. The van der Waals surface area contributed by atoms with Gasteiger partial charge in [-0.1, -0.05) is 42.5 Å². The second-order valence-electron chi connectivity index (χ2n) is 10.9. The largest absolute Gasteiger partial charge is 0.481 e. The highest BCUT2D eigenvalue weighted by atomic mass is 32.2. The molecule has 1 aliphatic heterocycles. The van der Waals surface area contributed by atoms with Gasteiger partial charge in [0.1, 0.15) is 0 Å². The maximum atomic E-state index is 11.9. The van der Waals surface area contributed by atoms with E-state index < -0.39 is 40.6 Å². The molecule has 3 N–H and O–H groups in total. The Kier molecular flexibility index (Phi) is 11.2. The molecule has 0 amide bonds. The Morgan fingerprint density at radius 2 is 1.48 bits per heavy atom. The first-order chi connectivity index (χ1) is 19.0.